The van der Waals surface area contributed by atoms with Crippen LogP contribution in [0.5, 0.6) is 5.75 Å². The van der Waals surface area contributed by atoms with Crippen molar-refractivity contribution in [3.63, 3.8) is 0 Å². The number of amides is 1. The number of ketones is 1. The second-order valence-corrected chi connectivity index (χ2v) is 5.87. The second kappa shape index (κ2) is 10.8. The van der Waals surface area contributed by atoms with E-state index in [1.807, 2.05) is 6.92 Å². The molecule has 0 aromatic heterocycles. The van der Waals surface area contributed by atoms with Gasteiger partial charge in [-0.15, -0.1) is 0 Å². The Bertz CT molecular complexity index is 718. The average molecular weight is 360 g/mol. The Balaban J connectivity index is 2.91. The predicted octanol–water partition coefficient (Wildman–Crippen LogP) is 2.75. The minimum absolute atomic E-state index is 0.00516. The van der Waals surface area contributed by atoms with E-state index in [4.69, 9.17) is 4.74 Å². The number of ether oxygens (including phenoxy) is 1. The number of allylic oxidation sites excluding steroid dienone is 2. The molecule has 0 atom stereocenters. The highest BCUT2D eigenvalue weighted by Gasteiger charge is 2.18. The second-order valence-electron chi connectivity index (χ2n) is 5.87. The van der Waals surface area contributed by atoms with Gasteiger partial charge in [0.15, 0.2) is 11.5 Å². The number of phenolic OH excluding ortho intramolecular Hbond substituents is 1. The van der Waals surface area contributed by atoms with Crippen molar-refractivity contribution in [3.8, 4) is 5.75 Å². The van der Waals surface area contributed by atoms with Crippen LogP contribution in [-0.4, -0.2) is 35.1 Å². The Morgan fingerprint density at radius 1 is 1.23 bits per heavy atom. The molecule has 1 aromatic carbocycles. The van der Waals surface area contributed by atoms with Crippen molar-refractivity contribution in [1.82, 2.24) is 5.43 Å². The van der Waals surface area contributed by atoms with E-state index in [-0.39, 0.29) is 35.8 Å². The molecule has 0 aliphatic rings. The fourth-order valence-electron chi connectivity index (χ4n) is 1.93. The largest absolute Gasteiger partial charge is 0.507 e. The third-order valence-corrected chi connectivity index (χ3v) is 3.20. The number of unbranched alkanes of at least 4 members (excludes halogenated alkanes) is 1. The number of esters is 1. The van der Waals surface area contributed by atoms with Crippen LogP contribution in [0.15, 0.2) is 41.0 Å². The van der Waals surface area contributed by atoms with Gasteiger partial charge in [0.25, 0.3) is 5.91 Å². The normalized spacial score (nSPS) is 10.8. The molecule has 0 saturated heterocycles. The van der Waals surface area contributed by atoms with Gasteiger partial charge in [0.2, 0.25) is 0 Å². The molecule has 0 heterocycles. The molecule has 26 heavy (non-hydrogen) atoms. The van der Waals surface area contributed by atoms with Crippen LogP contribution in [0, 0.1) is 0 Å². The molecule has 0 aliphatic heterocycles. The third kappa shape index (κ3) is 7.29. The summed E-state index contributed by atoms with van der Waals surface area (Å²) in [6, 6.07) is 5.92. The number of carbonyl (C=O) groups excluding carboxylic acids is 3. The highest BCUT2D eigenvalue weighted by atomic mass is 16.5. The Kier molecular flexibility index (Phi) is 8.77. The van der Waals surface area contributed by atoms with Crippen LogP contribution in [0.25, 0.3) is 0 Å². The van der Waals surface area contributed by atoms with Crippen LogP contribution < -0.4 is 5.43 Å². The number of benzene rings is 1. The van der Waals surface area contributed by atoms with Gasteiger partial charge in [-0.3, -0.25) is 9.59 Å². The van der Waals surface area contributed by atoms with E-state index in [0.717, 1.165) is 12.0 Å². The predicted molar refractivity (Wildman–Crippen MR) is 97.9 cm³/mol. The molecule has 1 rings (SSSR count). The van der Waals surface area contributed by atoms with Crippen molar-refractivity contribution >= 4 is 23.4 Å². The summed E-state index contributed by atoms with van der Waals surface area (Å²) in [7, 11) is 0. The quantitative estimate of drug-likeness (QED) is 0.232. The highest BCUT2D eigenvalue weighted by molar-refractivity contribution is 6.40. The smallest absolute Gasteiger partial charge is 0.354 e. The molecule has 0 bridgehead atoms. The summed E-state index contributed by atoms with van der Waals surface area (Å²) in [4.78, 5) is 36.2. The number of nitrogens with zero attached hydrogens (tertiary/aromatic N) is 1. The molecule has 7 nitrogen and oxygen atoms in total. The fourth-order valence-corrected chi connectivity index (χ4v) is 1.93. The van der Waals surface area contributed by atoms with Gasteiger partial charge in [0.05, 0.1) is 18.6 Å². The zero-order valence-corrected chi connectivity index (χ0v) is 15.2. The standard InChI is InChI=1S/C19H24N2O5/c1-4-5-10-26-19(25)16(12-14(22)11-13(2)3)20-21-18(24)15-8-6-7-9-17(15)23/h6-9,11,23H,4-5,10,12H2,1-3H3,(H,21,24). The van der Waals surface area contributed by atoms with Crippen LogP contribution in [0.2, 0.25) is 0 Å². The van der Waals surface area contributed by atoms with E-state index in [9.17, 15) is 19.5 Å². The van der Waals surface area contributed by atoms with Crippen LogP contribution >= 0.6 is 0 Å². The molecule has 0 fully saturated rings. The van der Waals surface area contributed by atoms with E-state index < -0.39 is 11.9 Å². The molecule has 0 unspecified atom stereocenters. The Hall–Kier alpha value is -2.96. The zero-order chi connectivity index (χ0) is 19.5. The van der Waals surface area contributed by atoms with Crippen LogP contribution in [0.1, 0.15) is 50.4 Å². The maximum absolute atomic E-state index is 12.1. The molecule has 0 spiro atoms. The summed E-state index contributed by atoms with van der Waals surface area (Å²) in [6.45, 7) is 5.68. The summed E-state index contributed by atoms with van der Waals surface area (Å²) in [6.07, 6.45) is 2.63. The van der Waals surface area contributed by atoms with Crippen molar-refractivity contribution in [2.24, 2.45) is 5.10 Å². The van der Waals surface area contributed by atoms with Crippen molar-refractivity contribution < 1.29 is 24.2 Å². The lowest BCUT2D eigenvalue weighted by molar-refractivity contribution is -0.136. The first kappa shape index (κ1) is 21.1. The minimum Gasteiger partial charge on any atom is -0.507 e. The van der Waals surface area contributed by atoms with Crippen molar-refractivity contribution in [3.05, 3.63) is 41.5 Å². The molecule has 0 aliphatic carbocycles. The Labute approximate surface area is 152 Å². The van der Waals surface area contributed by atoms with Crippen molar-refractivity contribution in [2.45, 2.75) is 40.0 Å². The van der Waals surface area contributed by atoms with Gasteiger partial charge in [0, 0.05) is 0 Å². The average Bonchev–Trinajstić information content (AvgIpc) is 2.58. The van der Waals surface area contributed by atoms with E-state index in [1.165, 1.54) is 18.2 Å². The molecule has 7 heteroatoms. The number of nitrogens with one attached hydrogen (secondary N) is 1. The zero-order valence-electron chi connectivity index (χ0n) is 15.2. The molecule has 140 valence electrons. The topological polar surface area (TPSA) is 105 Å². The first-order valence-corrected chi connectivity index (χ1v) is 8.34. The van der Waals surface area contributed by atoms with Gasteiger partial charge in [-0.05, 0) is 38.5 Å². The number of hydrogen-bond donors (Lipinski definition) is 2. The minimum atomic E-state index is -0.758. The van der Waals surface area contributed by atoms with Crippen LogP contribution in [-0.2, 0) is 14.3 Å². The van der Waals surface area contributed by atoms with E-state index in [1.54, 1.807) is 26.0 Å². The van der Waals surface area contributed by atoms with Gasteiger partial charge in [-0.1, -0.05) is 31.1 Å². The van der Waals surface area contributed by atoms with E-state index >= 15 is 0 Å². The number of phenols is 1. The molecular formula is C19H24N2O5. The molecule has 0 radical (unpaired) electrons. The summed E-state index contributed by atoms with van der Waals surface area (Å²) in [5.74, 6) is -2.00. The number of hydrogen-bond acceptors (Lipinski definition) is 6. The van der Waals surface area contributed by atoms with Crippen molar-refractivity contribution in [1.29, 1.82) is 0 Å². The first-order chi connectivity index (χ1) is 12.3. The van der Waals surface area contributed by atoms with E-state index in [2.05, 4.69) is 10.5 Å². The lowest BCUT2D eigenvalue weighted by Crippen LogP contribution is -2.26. The fraction of sp³-hybridized carbons (Fsp3) is 0.368. The number of carbonyl (C=O) groups is 3. The summed E-state index contributed by atoms with van der Waals surface area (Å²) < 4.78 is 5.07. The van der Waals surface area contributed by atoms with Gasteiger partial charge >= 0.3 is 5.97 Å². The number of para-hydroxylation sites is 1. The Morgan fingerprint density at radius 3 is 2.54 bits per heavy atom. The number of rotatable bonds is 9. The van der Waals surface area contributed by atoms with E-state index in [0.29, 0.717) is 6.42 Å². The summed E-state index contributed by atoms with van der Waals surface area (Å²) >= 11 is 0. The van der Waals surface area contributed by atoms with Crippen molar-refractivity contribution in [2.75, 3.05) is 6.61 Å². The number of aromatic hydroxyl groups is 1. The van der Waals surface area contributed by atoms with Crippen LogP contribution in [0.4, 0.5) is 0 Å². The van der Waals surface area contributed by atoms with Gasteiger partial charge in [0.1, 0.15) is 5.75 Å². The summed E-state index contributed by atoms with van der Waals surface area (Å²) in [5, 5.41) is 13.4. The maximum Gasteiger partial charge on any atom is 0.354 e. The molecule has 1 aromatic rings. The van der Waals surface area contributed by atoms with Gasteiger partial charge in [-0.25, -0.2) is 10.2 Å². The van der Waals surface area contributed by atoms with Gasteiger partial charge in [-0.2, -0.15) is 5.10 Å². The molecule has 0 saturated carbocycles. The number of hydrazone groups is 1. The Morgan fingerprint density at radius 2 is 1.92 bits per heavy atom. The van der Waals surface area contributed by atoms with Crippen LogP contribution in [0.3, 0.4) is 0 Å². The first-order valence-electron chi connectivity index (χ1n) is 8.34. The lowest BCUT2D eigenvalue weighted by atomic mass is 10.1. The monoisotopic (exact) mass is 360 g/mol. The maximum atomic E-state index is 12.1. The molecule has 1 amide bonds. The third-order valence-electron chi connectivity index (χ3n) is 3.20. The highest BCUT2D eigenvalue weighted by Crippen LogP contribution is 2.15. The molecule has 2 N–H and O–H groups in total. The SMILES string of the molecule is CCCCOC(=O)C(CC(=O)C=C(C)C)=NNC(=O)c1ccccc1O. The lowest BCUT2D eigenvalue weighted by Gasteiger charge is -2.07. The summed E-state index contributed by atoms with van der Waals surface area (Å²) in [5.41, 5.74) is 2.77. The van der Waals surface area contributed by atoms with Gasteiger partial charge < -0.3 is 9.84 Å². The molecular weight excluding hydrogens is 336 g/mol.